The van der Waals surface area contributed by atoms with Crippen LogP contribution in [0.4, 0.5) is 0 Å². The predicted molar refractivity (Wildman–Crippen MR) is 311 cm³/mol. The monoisotopic (exact) mass is 938 g/mol. The van der Waals surface area contributed by atoms with Crippen molar-refractivity contribution in [1.82, 2.24) is 4.90 Å². The third-order valence-electron chi connectivity index (χ3n) is 10.7. The molecular weight excluding hydrogens is 839 g/mol. The number of rotatable bonds is 11. The highest BCUT2D eigenvalue weighted by Gasteiger charge is 2.14. The number of hydrogen-bond donors (Lipinski definition) is 0. The molecule has 1 aliphatic heterocycles. The van der Waals surface area contributed by atoms with Crippen LogP contribution in [0.2, 0.25) is 0 Å². The van der Waals surface area contributed by atoms with Crippen molar-refractivity contribution in [1.29, 1.82) is 0 Å². The molecule has 4 aromatic rings. The zero-order valence-electron chi connectivity index (χ0n) is 47.0. The highest BCUT2D eigenvalue weighted by atomic mass is 16.1. The van der Waals surface area contributed by atoms with E-state index in [4.69, 9.17) is 0 Å². The number of Topliss-reactive ketones (excluding diaryl/α,β-unsaturated/α-hetero) is 1. The van der Waals surface area contributed by atoms with Crippen molar-refractivity contribution in [2.24, 2.45) is 16.1 Å². The molecule has 4 heteroatoms. The highest BCUT2D eigenvalue weighted by molar-refractivity contribution is 5.72. The molecule has 0 N–H and O–H groups in total. The fourth-order valence-corrected chi connectivity index (χ4v) is 7.22. The molecule has 0 atom stereocenters. The summed E-state index contributed by atoms with van der Waals surface area (Å²) in [5.74, 6) is 1.21. The number of terminal acetylenes is 1. The highest BCUT2D eigenvalue weighted by Crippen LogP contribution is 2.29. The van der Waals surface area contributed by atoms with Gasteiger partial charge in [0, 0.05) is 19.2 Å². The summed E-state index contributed by atoms with van der Waals surface area (Å²) in [5, 5.41) is 7.81. The first-order valence-corrected chi connectivity index (χ1v) is 25.7. The van der Waals surface area contributed by atoms with Crippen molar-refractivity contribution in [3.05, 3.63) is 178 Å². The minimum Gasteiger partial charge on any atom is -0.303 e. The van der Waals surface area contributed by atoms with Gasteiger partial charge in [-0.15, -0.1) is 26.0 Å². The molecule has 1 saturated heterocycles. The minimum atomic E-state index is 0.167. The summed E-state index contributed by atoms with van der Waals surface area (Å²) in [4.78, 5) is 12.0. The number of nitrogens with zero attached hydrogens (tertiary/aromatic N) is 3. The van der Waals surface area contributed by atoms with Gasteiger partial charge in [-0.05, 0) is 156 Å². The van der Waals surface area contributed by atoms with E-state index >= 15 is 0 Å². The van der Waals surface area contributed by atoms with Crippen LogP contribution in [0.1, 0.15) is 172 Å². The largest absolute Gasteiger partial charge is 0.303 e. The first-order chi connectivity index (χ1) is 33.0. The molecule has 0 bridgehead atoms. The fourth-order valence-electron chi connectivity index (χ4n) is 7.22. The first kappa shape index (κ1) is 67.9. The van der Waals surface area contributed by atoms with Crippen molar-refractivity contribution in [3.63, 3.8) is 0 Å². The molecule has 2 aliphatic rings. The quantitative estimate of drug-likeness (QED) is 0.0854. The molecule has 0 aromatic heterocycles. The Kier molecular flexibility index (Phi) is 44.4. The Labute approximate surface area is 426 Å². The number of likely N-dealkylation sites (tertiary alicyclic amines) is 1. The van der Waals surface area contributed by atoms with E-state index in [1.807, 2.05) is 52.8 Å². The van der Waals surface area contributed by atoms with Crippen LogP contribution in [-0.4, -0.2) is 37.4 Å². The number of aryl methyl sites for hydroxylation is 5. The van der Waals surface area contributed by atoms with E-state index in [0.29, 0.717) is 0 Å². The number of carbonyl (C=O) groups excluding carboxylic acids is 1. The molecule has 0 radical (unpaired) electrons. The van der Waals surface area contributed by atoms with Gasteiger partial charge in [-0.1, -0.05) is 195 Å². The zero-order chi connectivity index (χ0) is 53.0. The van der Waals surface area contributed by atoms with Crippen LogP contribution in [0.3, 0.4) is 0 Å². The second-order valence-electron chi connectivity index (χ2n) is 17.8. The predicted octanol–water partition coefficient (Wildman–Crippen LogP) is 19.2. The summed E-state index contributed by atoms with van der Waals surface area (Å²) in [6.07, 6.45) is 25.8. The molecule has 0 spiro atoms. The lowest BCUT2D eigenvalue weighted by molar-refractivity contribution is -0.115. The summed E-state index contributed by atoms with van der Waals surface area (Å²) in [5.41, 5.74) is 15.3. The van der Waals surface area contributed by atoms with Gasteiger partial charge in [0.15, 0.2) is 0 Å². The topological polar surface area (TPSA) is 45.0 Å². The van der Waals surface area contributed by atoms with Crippen LogP contribution in [0.5, 0.6) is 0 Å². The second-order valence-corrected chi connectivity index (χ2v) is 17.8. The Morgan fingerprint density at radius 2 is 1.06 bits per heavy atom. The van der Waals surface area contributed by atoms with Crippen molar-refractivity contribution in [3.8, 4) is 12.8 Å². The summed E-state index contributed by atoms with van der Waals surface area (Å²) >= 11 is 0. The Balaban J connectivity index is -0.000000769. The van der Waals surface area contributed by atoms with E-state index in [9.17, 15) is 4.79 Å². The molecule has 1 saturated carbocycles. The summed E-state index contributed by atoms with van der Waals surface area (Å²) in [7, 11) is 1.68. The lowest BCUT2D eigenvalue weighted by Crippen LogP contribution is -2.20. The molecule has 69 heavy (non-hydrogen) atoms. The van der Waals surface area contributed by atoms with E-state index < -0.39 is 0 Å². The SMILES string of the molecule is C#C.C/C(=C\Cc1cccc(C)c1)c1cccc(C)c1.C/C=C(\N=NC)c1cccc(C)c1.C=C(C)CCC1CCCC1.C=C(C)CCN1CCCC1.CC.CC.CC(C)=O.Cc1cccc(C)c1. The van der Waals surface area contributed by atoms with Gasteiger partial charge in [0.05, 0.1) is 5.70 Å². The molecule has 4 aromatic carbocycles. The zero-order valence-corrected chi connectivity index (χ0v) is 47.0. The molecule has 1 heterocycles. The second kappa shape index (κ2) is 45.1. The third-order valence-corrected chi connectivity index (χ3v) is 10.7. The first-order valence-electron chi connectivity index (χ1n) is 25.7. The van der Waals surface area contributed by atoms with Gasteiger partial charge in [-0.3, -0.25) is 0 Å². The molecule has 0 unspecified atom stereocenters. The Morgan fingerprint density at radius 1 is 0.638 bits per heavy atom. The lowest BCUT2D eigenvalue weighted by atomic mass is 10.00. The van der Waals surface area contributed by atoms with Crippen molar-refractivity contribution < 1.29 is 4.79 Å². The maximum Gasteiger partial charge on any atom is 0.126 e. The number of hydrogen-bond acceptors (Lipinski definition) is 4. The van der Waals surface area contributed by atoms with Crippen molar-refractivity contribution in [2.75, 3.05) is 26.7 Å². The molecule has 380 valence electrons. The Bertz CT molecular complexity index is 2000. The minimum absolute atomic E-state index is 0.167. The maximum absolute atomic E-state index is 9.44. The van der Waals surface area contributed by atoms with E-state index in [1.54, 1.807) is 7.05 Å². The molecule has 6 rings (SSSR count). The summed E-state index contributed by atoms with van der Waals surface area (Å²) < 4.78 is 0. The molecular formula is C65H99N3O. The number of azo groups is 1. The average Bonchev–Trinajstić information content (AvgIpc) is 4.07. The molecule has 1 aliphatic carbocycles. The average molecular weight is 939 g/mol. The van der Waals surface area contributed by atoms with Crippen LogP contribution in [0, 0.1) is 53.4 Å². The number of carbonyl (C=O) groups is 1. The van der Waals surface area contributed by atoms with E-state index in [-0.39, 0.29) is 5.78 Å². The van der Waals surface area contributed by atoms with Gasteiger partial charge < -0.3 is 9.69 Å². The normalized spacial score (nSPS) is 12.7. The summed E-state index contributed by atoms with van der Waals surface area (Å²) in [6.45, 7) is 41.7. The van der Waals surface area contributed by atoms with Gasteiger partial charge in [-0.2, -0.15) is 10.2 Å². The lowest BCUT2D eigenvalue weighted by Gasteiger charge is -2.13. The van der Waals surface area contributed by atoms with Gasteiger partial charge >= 0.3 is 0 Å². The van der Waals surface area contributed by atoms with Crippen LogP contribution in [-0.2, 0) is 11.2 Å². The van der Waals surface area contributed by atoms with E-state index in [0.717, 1.165) is 23.6 Å². The standard InChI is InChI=1S/C18H20.C11H14N2.C10H18.C9H17N.C8H10.C3H6O.2C2H6.C2H2/c1-14-6-4-8-17(12-14)11-10-16(3)18-9-5-7-15(2)13-18;1-4-11(13-12-3)10-7-5-6-9(2)8-10;1-9(2)7-8-10-5-3-4-6-10;1-9(2)5-8-10-6-3-4-7-10;1-7-4-3-5-8(2)6-7;1-3(2)4;3*1-2/h4-10,12-13H,11H2,1-3H3;4-8H,1-3H3;10H,1,3-8H2,2H3;1,3-8H2,2H3;3-6H,1-2H3;1-2H3;2*1-2H3;1-2H/b16-10+;11-4-,13-12?;;;;;;;. The molecule has 4 nitrogen and oxygen atoms in total. The van der Waals surface area contributed by atoms with Gasteiger partial charge in [0.25, 0.3) is 0 Å². The van der Waals surface area contributed by atoms with Crippen LogP contribution in [0.25, 0.3) is 11.3 Å². The maximum atomic E-state index is 9.44. The molecule has 0 amide bonds. The Hall–Kier alpha value is -5.37. The fraction of sp³-hybridized carbons (Fsp3) is 0.462. The van der Waals surface area contributed by atoms with Gasteiger partial charge in [0.1, 0.15) is 5.78 Å². The third kappa shape index (κ3) is 39.2. The Morgan fingerprint density at radius 3 is 1.46 bits per heavy atom. The van der Waals surface area contributed by atoms with Crippen LogP contribution in [0.15, 0.2) is 144 Å². The van der Waals surface area contributed by atoms with Crippen molar-refractivity contribution in [2.45, 2.75) is 168 Å². The number of ketones is 1. The van der Waals surface area contributed by atoms with Crippen LogP contribution < -0.4 is 0 Å². The smallest absolute Gasteiger partial charge is 0.126 e. The van der Waals surface area contributed by atoms with Crippen LogP contribution >= 0.6 is 0 Å². The van der Waals surface area contributed by atoms with E-state index in [1.165, 1.54) is 147 Å². The number of benzene rings is 4. The number of allylic oxidation sites excluding steroid dienone is 4. The van der Waals surface area contributed by atoms with Gasteiger partial charge in [-0.25, -0.2) is 0 Å². The molecule has 2 fully saturated rings. The summed E-state index contributed by atoms with van der Waals surface area (Å²) in [6, 6.07) is 34.1. The van der Waals surface area contributed by atoms with Gasteiger partial charge in [0.2, 0.25) is 0 Å². The van der Waals surface area contributed by atoms with Crippen molar-refractivity contribution >= 4 is 17.1 Å². The van der Waals surface area contributed by atoms with E-state index in [2.05, 4.69) is 188 Å².